The fraction of sp³-hybridized carbons (Fsp3) is 0.455. The molecule has 1 aromatic carbocycles. The van der Waals surface area contributed by atoms with Crippen LogP contribution < -0.4 is 4.74 Å². The number of ether oxygens (including phenoxy) is 1. The van der Waals surface area contributed by atoms with Crippen LogP contribution in [-0.2, 0) is 0 Å². The van der Waals surface area contributed by atoms with Crippen molar-refractivity contribution in [2.75, 3.05) is 12.5 Å². The van der Waals surface area contributed by atoms with E-state index in [9.17, 15) is 0 Å². The molecule has 0 bridgehead atoms. The van der Waals surface area contributed by atoms with Gasteiger partial charge in [0, 0.05) is 5.88 Å². The van der Waals surface area contributed by atoms with Gasteiger partial charge in [-0.2, -0.15) is 0 Å². The average Bonchev–Trinajstić information content (AvgIpc) is 2.24. The minimum absolute atomic E-state index is 0.483. The van der Waals surface area contributed by atoms with Gasteiger partial charge in [-0.05, 0) is 31.4 Å². The van der Waals surface area contributed by atoms with Crippen molar-refractivity contribution in [2.24, 2.45) is 0 Å². The summed E-state index contributed by atoms with van der Waals surface area (Å²) in [4.78, 5) is 0. The zero-order valence-electron chi connectivity index (χ0n) is 8.31. The van der Waals surface area contributed by atoms with Crippen molar-refractivity contribution in [2.45, 2.75) is 19.3 Å². The predicted octanol–water partition coefficient (Wildman–Crippen LogP) is 4.78. The number of rotatable bonds is 6. The maximum absolute atomic E-state index is 5.96. The van der Waals surface area contributed by atoms with Crippen LogP contribution in [0.15, 0.2) is 18.2 Å². The molecule has 84 valence electrons. The summed E-state index contributed by atoms with van der Waals surface area (Å²) >= 11 is 17.4. The van der Waals surface area contributed by atoms with E-state index < -0.39 is 0 Å². The minimum Gasteiger partial charge on any atom is -0.492 e. The van der Waals surface area contributed by atoms with E-state index in [0.29, 0.717) is 28.3 Å². The number of unbranched alkanes of at least 4 members (excludes halogenated alkanes) is 2. The summed E-state index contributed by atoms with van der Waals surface area (Å²) < 4.78 is 5.50. The summed E-state index contributed by atoms with van der Waals surface area (Å²) in [5, 5.41) is 1.01. The highest BCUT2D eigenvalue weighted by Crippen LogP contribution is 2.31. The van der Waals surface area contributed by atoms with Gasteiger partial charge < -0.3 is 4.74 Å². The fourth-order valence-corrected chi connectivity index (χ4v) is 1.69. The van der Waals surface area contributed by atoms with Gasteiger partial charge in [-0.1, -0.05) is 29.3 Å². The molecule has 0 saturated carbocycles. The van der Waals surface area contributed by atoms with Gasteiger partial charge in [-0.25, -0.2) is 0 Å². The Labute approximate surface area is 105 Å². The van der Waals surface area contributed by atoms with E-state index in [1.54, 1.807) is 6.07 Å². The highest BCUT2D eigenvalue weighted by Gasteiger charge is 2.04. The predicted molar refractivity (Wildman–Crippen MR) is 66.5 cm³/mol. The topological polar surface area (TPSA) is 9.23 Å². The normalized spacial score (nSPS) is 10.3. The molecule has 0 unspecified atom stereocenters. The average molecular weight is 268 g/mol. The maximum atomic E-state index is 5.96. The van der Waals surface area contributed by atoms with Crippen LogP contribution in [0.5, 0.6) is 5.75 Å². The Morgan fingerprint density at radius 1 is 1.07 bits per heavy atom. The molecular weight excluding hydrogens is 254 g/mol. The largest absolute Gasteiger partial charge is 0.492 e. The summed E-state index contributed by atoms with van der Waals surface area (Å²) in [5.74, 6) is 1.35. The number of alkyl halides is 1. The standard InChI is InChI=1S/C11H13Cl3O/c12-7-2-1-3-8-15-10-6-4-5-9(13)11(10)14/h4-6H,1-3,7-8H2. The molecule has 0 aliphatic carbocycles. The second kappa shape index (κ2) is 7.21. The van der Waals surface area contributed by atoms with Gasteiger partial charge in [-0.3, -0.25) is 0 Å². The van der Waals surface area contributed by atoms with Crippen molar-refractivity contribution in [3.8, 4) is 5.75 Å². The van der Waals surface area contributed by atoms with E-state index in [1.807, 2.05) is 12.1 Å². The van der Waals surface area contributed by atoms with E-state index in [1.165, 1.54) is 0 Å². The van der Waals surface area contributed by atoms with Crippen molar-refractivity contribution in [3.05, 3.63) is 28.2 Å². The van der Waals surface area contributed by atoms with E-state index in [2.05, 4.69) is 0 Å². The Kier molecular flexibility index (Phi) is 6.23. The first-order chi connectivity index (χ1) is 7.25. The highest BCUT2D eigenvalue weighted by molar-refractivity contribution is 6.42. The van der Waals surface area contributed by atoms with Gasteiger partial charge in [0.2, 0.25) is 0 Å². The molecule has 0 fully saturated rings. The molecule has 4 heteroatoms. The Morgan fingerprint density at radius 3 is 2.60 bits per heavy atom. The van der Waals surface area contributed by atoms with Gasteiger partial charge in [-0.15, -0.1) is 11.6 Å². The third-order valence-corrected chi connectivity index (χ3v) is 3.02. The first kappa shape index (κ1) is 13.0. The number of hydrogen-bond donors (Lipinski definition) is 0. The zero-order chi connectivity index (χ0) is 11.1. The first-order valence-corrected chi connectivity index (χ1v) is 6.17. The Balaban J connectivity index is 2.34. The molecule has 0 heterocycles. The van der Waals surface area contributed by atoms with Gasteiger partial charge >= 0.3 is 0 Å². The highest BCUT2D eigenvalue weighted by atomic mass is 35.5. The van der Waals surface area contributed by atoms with E-state index in [0.717, 1.165) is 19.3 Å². The van der Waals surface area contributed by atoms with E-state index >= 15 is 0 Å². The molecule has 0 radical (unpaired) electrons. The van der Waals surface area contributed by atoms with Crippen molar-refractivity contribution in [3.63, 3.8) is 0 Å². The van der Waals surface area contributed by atoms with Crippen molar-refractivity contribution >= 4 is 34.8 Å². The summed E-state index contributed by atoms with van der Waals surface area (Å²) in [6, 6.07) is 5.38. The summed E-state index contributed by atoms with van der Waals surface area (Å²) in [5.41, 5.74) is 0. The lowest BCUT2D eigenvalue weighted by Crippen LogP contribution is -1.98. The molecule has 1 aromatic rings. The summed E-state index contributed by atoms with van der Waals surface area (Å²) in [7, 11) is 0. The van der Waals surface area contributed by atoms with Crippen LogP contribution in [0.1, 0.15) is 19.3 Å². The van der Waals surface area contributed by atoms with E-state index in [4.69, 9.17) is 39.5 Å². The molecule has 0 aromatic heterocycles. The van der Waals surface area contributed by atoms with Crippen LogP contribution in [0.3, 0.4) is 0 Å². The molecule has 0 atom stereocenters. The third kappa shape index (κ3) is 4.50. The summed E-state index contributed by atoms with van der Waals surface area (Å²) in [6.45, 7) is 0.650. The fourth-order valence-electron chi connectivity index (χ4n) is 1.15. The smallest absolute Gasteiger partial charge is 0.139 e. The molecule has 1 rings (SSSR count). The molecule has 1 nitrogen and oxygen atoms in total. The lowest BCUT2D eigenvalue weighted by Gasteiger charge is -2.08. The quantitative estimate of drug-likeness (QED) is 0.532. The number of hydrogen-bond acceptors (Lipinski definition) is 1. The Morgan fingerprint density at radius 2 is 1.87 bits per heavy atom. The Bertz CT molecular complexity index is 302. The molecule has 0 N–H and O–H groups in total. The molecular formula is C11H13Cl3O. The third-order valence-electron chi connectivity index (χ3n) is 1.95. The SMILES string of the molecule is ClCCCCCOc1cccc(Cl)c1Cl. The van der Waals surface area contributed by atoms with Crippen molar-refractivity contribution in [1.82, 2.24) is 0 Å². The van der Waals surface area contributed by atoms with Crippen LogP contribution in [0.4, 0.5) is 0 Å². The lowest BCUT2D eigenvalue weighted by atomic mass is 10.3. The maximum Gasteiger partial charge on any atom is 0.139 e. The molecule has 0 spiro atoms. The van der Waals surface area contributed by atoms with Gasteiger partial charge in [0.25, 0.3) is 0 Å². The van der Waals surface area contributed by atoms with Gasteiger partial charge in [0.15, 0.2) is 0 Å². The van der Waals surface area contributed by atoms with Crippen LogP contribution in [0, 0.1) is 0 Å². The van der Waals surface area contributed by atoms with Crippen LogP contribution in [0.2, 0.25) is 10.0 Å². The monoisotopic (exact) mass is 266 g/mol. The molecule has 0 saturated heterocycles. The van der Waals surface area contributed by atoms with Crippen LogP contribution >= 0.6 is 34.8 Å². The zero-order valence-corrected chi connectivity index (χ0v) is 10.6. The van der Waals surface area contributed by atoms with Crippen LogP contribution in [-0.4, -0.2) is 12.5 Å². The number of benzene rings is 1. The second-order valence-electron chi connectivity index (χ2n) is 3.15. The minimum atomic E-state index is 0.483. The van der Waals surface area contributed by atoms with Crippen molar-refractivity contribution < 1.29 is 4.74 Å². The molecule has 0 aliphatic rings. The second-order valence-corrected chi connectivity index (χ2v) is 4.31. The molecule has 0 amide bonds. The molecule has 0 aliphatic heterocycles. The number of halogens is 3. The first-order valence-electron chi connectivity index (χ1n) is 4.88. The summed E-state index contributed by atoms with van der Waals surface area (Å²) in [6.07, 6.45) is 3.07. The van der Waals surface area contributed by atoms with Gasteiger partial charge in [0.05, 0.1) is 11.6 Å². The lowest BCUT2D eigenvalue weighted by molar-refractivity contribution is 0.306. The van der Waals surface area contributed by atoms with Crippen molar-refractivity contribution in [1.29, 1.82) is 0 Å². The van der Waals surface area contributed by atoms with Crippen LogP contribution in [0.25, 0.3) is 0 Å². The Hall–Kier alpha value is -0.110. The van der Waals surface area contributed by atoms with Gasteiger partial charge in [0.1, 0.15) is 10.8 Å². The van der Waals surface area contributed by atoms with E-state index in [-0.39, 0.29) is 0 Å². The molecule has 15 heavy (non-hydrogen) atoms.